The summed E-state index contributed by atoms with van der Waals surface area (Å²) in [5, 5.41) is 38.1. The number of rotatable bonds is 4. The highest BCUT2D eigenvalue weighted by Crippen LogP contribution is 2.38. The van der Waals surface area contributed by atoms with E-state index in [1.807, 2.05) is 0 Å². The lowest BCUT2D eigenvalue weighted by Gasteiger charge is -2.09. The largest absolute Gasteiger partial charge is 0.504 e. The lowest BCUT2D eigenvalue weighted by atomic mass is 10.0. The SMILES string of the molecule is COCc1c([N+](=O)[O-])cc(O)c(O)c1C(=O)O. The van der Waals surface area contributed by atoms with E-state index in [0.717, 1.165) is 0 Å². The number of nitro benzene ring substituents is 1. The Morgan fingerprint density at radius 1 is 1.53 bits per heavy atom. The molecule has 0 heterocycles. The Labute approximate surface area is 94.8 Å². The van der Waals surface area contributed by atoms with Gasteiger partial charge in [0.25, 0.3) is 5.69 Å². The number of aromatic carboxylic acids is 1. The van der Waals surface area contributed by atoms with Gasteiger partial charge in [-0.05, 0) is 0 Å². The molecule has 8 heteroatoms. The quantitative estimate of drug-likeness (QED) is 0.406. The summed E-state index contributed by atoms with van der Waals surface area (Å²) in [5.74, 6) is -3.38. The first-order chi connectivity index (χ1) is 7.90. The number of phenolic OH excluding ortho intramolecular Hbond substituents is 1. The third kappa shape index (κ3) is 2.26. The van der Waals surface area contributed by atoms with Gasteiger partial charge < -0.3 is 20.1 Å². The van der Waals surface area contributed by atoms with Crippen molar-refractivity contribution in [3.8, 4) is 11.5 Å². The second kappa shape index (κ2) is 4.66. The van der Waals surface area contributed by atoms with Crippen LogP contribution in [0.2, 0.25) is 0 Å². The van der Waals surface area contributed by atoms with Crippen LogP contribution in [0.25, 0.3) is 0 Å². The molecule has 0 radical (unpaired) electrons. The average molecular weight is 243 g/mol. The van der Waals surface area contributed by atoms with E-state index in [4.69, 9.17) is 5.11 Å². The Kier molecular flexibility index (Phi) is 3.49. The minimum absolute atomic E-state index is 0.305. The number of ether oxygens (including phenoxy) is 1. The molecule has 1 aromatic rings. The summed E-state index contributed by atoms with van der Waals surface area (Å²) in [5.41, 5.74) is -1.67. The highest BCUT2D eigenvalue weighted by Gasteiger charge is 2.28. The normalized spacial score (nSPS) is 10.2. The predicted molar refractivity (Wildman–Crippen MR) is 54.1 cm³/mol. The number of aromatic hydroxyl groups is 2. The van der Waals surface area contributed by atoms with Gasteiger partial charge >= 0.3 is 5.97 Å². The number of hydrogen-bond donors (Lipinski definition) is 3. The maximum absolute atomic E-state index is 10.9. The van der Waals surface area contributed by atoms with Crippen LogP contribution in [-0.2, 0) is 11.3 Å². The average Bonchev–Trinajstić information content (AvgIpc) is 2.22. The molecule has 0 aliphatic rings. The van der Waals surface area contributed by atoms with Crippen molar-refractivity contribution >= 4 is 11.7 Å². The number of benzene rings is 1. The summed E-state index contributed by atoms with van der Waals surface area (Å²) >= 11 is 0. The summed E-state index contributed by atoms with van der Waals surface area (Å²) in [6.45, 7) is -0.369. The topological polar surface area (TPSA) is 130 Å². The van der Waals surface area contributed by atoms with Crippen LogP contribution in [0.4, 0.5) is 5.69 Å². The van der Waals surface area contributed by atoms with Crippen molar-refractivity contribution in [1.82, 2.24) is 0 Å². The second-order valence-corrected chi connectivity index (χ2v) is 3.11. The highest BCUT2D eigenvalue weighted by molar-refractivity contribution is 5.95. The van der Waals surface area contributed by atoms with E-state index < -0.39 is 33.6 Å². The van der Waals surface area contributed by atoms with Gasteiger partial charge in [0.1, 0.15) is 5.56 Å². The molecule has 0 atom stereocenters. The molecule has 0 fully saturated rings. The Hall–Kier alpha value is -2.35. The van der Waals surface area contributed by atoms with Crippen LogP contribution >= 0.6 is 0 Å². The zero-order valence-electron chi connectivity index (χ0n) is 8.71. The van der Waals surface area contributed by atoms with Crippen molar-refractivity contribution in [3.63, 3.8) is 0 Å². The molecule has 0 aromatic heterocycles. The van der Waals surface area contributed by atoms with Gasteiger partial charge in [-0.15, -0.1) is 0 Å². The Balaban J connectivity index is 3.63. The van der Waals surface area contributed by atoms with Crippen molar-refractivity contribution in [2.45, 2.75) is 6.61 Å². The van der Waals surface area contributed by atoms with E-state index in [1.54, 1.807) is 0 Å². The number of hydrogen-bond acceptors (Lipinski definition) is 6. The van der Waals surface area contributed by atoms with Gasteiger partial charge in [0.2, 0.25) is 0 Å². The van der Waals surface area contributed by atoms with Gasteiger partial charge in [-0.2, -0.15) is 0 Å². The second-order valence-electron chi connectivity index (χ2n) is 3.11. The minimum atomic E-state index is -1.59. The fourth-order valence-electron chi connectivity index (χ4n) is 1.37. The smallest absolute Gasteiger partial charge is 0.340 e. The maximum atomic E-state index is 10.9. The van der Waals surface area contributed by atoms with Gasteiger partial charge in [-0.3, -0.25) is 10.1 Å². The third-order valence-electron chi connectivity index (χ3n) is 2.06. The Morgan fingerprint density at radius 3 is 2.53 bits per heavy atom. The molecular formula is C9H9NO7. The third-order valence-corrected chi connectivity index (χ3v) is 2.06. The zero-order valence-corrected chi connectivity index (χ0v) is 8.71. The molecule has 0 saturated carbocycles. The number of carboxylic acids is 1. The van der Waals surface area contributed by atoms with Crippen LogP contribution in [0.1, 0.15) is 15.9 Å². The molecule has 1 rings (SSSR count). The van der Waals surface area contributed by atoms with Crippen molar-refractivity contribution < 1.29 is 29.8 Å². The highest BCUT2D eigenvalue weighted by atomic mass is 16.6. The van der Waals surface area contributed by atoms with Gasteiger partial charge in [-0.1, -0.05) is 0 Å². The number of nitrogens with zero attached hydrogens (tertiary/aromatic N) is 1. The van der Waals surface area contributed by atoms with Crippen LogP contribution < -0.4 is 0 Å². The molecule has 17 heavy (non-hydrogen) atoms. The predicted octanol–water partition coefficient (Wildman–Crippen LogP) is 0.851. The minimum Gasteiger partial charge on any atom is -0.504 e. The van der Waals surface area contributed by atoms with Gasteiger partial charge in [0.05, 0.1) is 23.2 Å². The van der Waals surface area contributed by atoms with Crippen LogP contribution in [0, 0.1) is 10.1 Å². The van der Waals surface area contributed by atoms with Gasteiger partial charge in [0, 0.05) is 7.11 Å². The van der Waals surface area contributed by atoms with Crippen molar-refractivity contribution in [1.29, 1.82) is 0 Å². The molecule has 0 spiro atoms. The van der Waals surface area contributed by atoms with Gasteiger partial charge in [0.15, 0.2) is 11.5 Å². The van der Waals surface area contributed by atoms with Crippen LogP contribution in [-0.4, -0.2) is 33.3 Å². The zero-order chi connectivity index (χ0) is 13.2. The molecule has 8 nitrogen and oxygen atoms in total. The van der Waals surface area contributed by atoms with E-state index in [0.29, 0.717) is 6.07 Å². The number of carbonyl (C=O) groups is 1. The van der Waals surface area contributed by atoms with Crippen molar-refractivity contribution in [2.24, 2.45) is 0 Å². The molecule has 0 amide bonds. The fourth-order valence-corrected chi connectivity index (χ4v) is 1.37. The Bertz CT molecular complexity index is 483. The summed E-state index contributed by atoms with van der Waals surface area (Å²) in [7, 11) is 1.22. The molecule has 0 unspecified atom stereocenters. The summed E-state index contributed by atoms with van der Waals surface area (Å²) in [6, 6.07) is 0.677. The first-order valence-corrected chi connectivity index (χ1v) is 4.34. The number of carboxylic acid groups (broad SMARTS) is 1. The first-order valence-electron chi connectivity index (χ1n) is 4.34. The summed E-state index contributed by atoms with van der Waals surface area (Å²) < 4.78 is 4.64. The number of methoxy groups -OCH3 is 1. The molecule has 1 aromatic carbocycles. The standard InChI is InChI=1S/C9H9NO7/c1-17-3-4-5(10(15)16)2-6(11)8(12)7(4)9(13)14/h2,11-12H,3H2,1H3,(H,13,14). The lowest BCUT2D eigenvalue weighted by molar-refractivity contribution is -0.386. The first kappa shape index (κ1) is 12.7. The van der Waals surface area contributed by atoms with Crippen LogP contribution in [0.15, 0.2) is 6.07 Å². The van der Waals surface area contributed by atoms with Crippen LogP contribution in [0.3, 0.4) is 0 Å². The van der Waals surface area contributed by atoms with E-state index in [-0.39, 0.29) is 12.2 Å². The summed E-state index contributed by atoms with van der Waals surface area (Å²) in [6.07, 6.45) is 0. The molecule has 0 bridgehead atoms. The van der Waals surface area contributed by atoms with E-state index in [1.165, 1.54) is 7.11 Å². The van der Waals surface area contributed by atoms with Crippen molar-refractivity contribution in [2.75, 3.05) is 7.11 Å². The van der Waals surface area contributed by atoms with E-state index >= 15 is 0 Å². The molecular weight excluding hydrogens is 234 g/mol. The Morgan fingerprint density at radius 2 is 2.12 bits per heavy atom. The monoisotopic (exact) mass is 243 g/mol. The van der Waals surface area contributed by atoms with Crippen molar-refractivity contribution in [3.05, 3.63) is 27.3 Å². The maximum Gasteiger partial charge on any atom is 0.340 e. The van der Waals surface area contributed by atoms with Crippen LogP contribution in [0.5, 0.6) is 11.5 Å². The molecule has 3 N–H and O–H groups in total. The van der Waals surface area contributed by atoms with E-state index in [9.17, 15) is 25.1 Å². The molecule has 0 aliphatic heterocycles. The molecule has 92 valence electrons. The molecule has 0 aliphatic carbocycles. The van der Waals surface area contributed by atoms with E-state index in [2.05, 4.69) is 4.74 Å². The fraction of sp³-hybridized carbons (Fsp3) is 0.222. The number of nitro groups is 1. The number of phenols is 2. The lowest BCUT2D eigenvalue weighted by Crippen LogP contribution is -2.07. The van der Waals surface area contributed by atoms with Gasteiger partial charge in [-0.25, -0.2) is 4.79 Å². The summed E-state index contributed by atoms with van der Waals surface area (Å²) in [4.78, 5) is 20.7. The molecule has 0 saturated heterocycles.